The van der Waals surface area contributed by atoms with Crippen LogP contribution in [0.3, 0.4) is 0 Å². The third-order valence-corrected chi connectivity index (χ3v) is 3.43. The summed E-state index contributed by atoms with van der Waals surface area (Å²) in [6.07, 6.45) is 1.80. The number of anilines is 1. The summed E-state index contributed by atoms with van der Waals surface area (Å²) in [5, 5.41) is 4.00. The average molecular weight is 272 g/mol. The minimum Gasteiger partial charge on any atom is -0.465 e. The van der Waals surface area contributed by atoms with Gasteiger partial charge in [0.05, 0.1) is 13.3 Å². The van der Waals surface area contributed by atoms with E-state index in [4.69, 9.17) is 11.6 Å². The van der Waals surface area contributed by atoms with Crippen molar-refractivity contribution in [3.63, 3.8) is 0 Å². The Morgan fingerprint density at radius 1 is 1.67 bits per heavy atom. The minimum absolute atomic E-state index is 0.0468. The molecule has 1 aliphatic rings. The Morgan fingerprint density at radius 2 is 2.39 bits per heavy atom. The van der Waals surface area contributed by atoms with Crippen LogP contribution >= 0.6 is 11.6 Å². The van der Waals surface area contributed by atoms with Crippen molar-refractivity contribution in [3.8, 4) is 0 Å². The standard InChI is InChI=1S/C11H14ClN3O3/c1-14-10(8(5-13-14)11(17)18-2)15-6-7(4-12)3-9(15)16/h5,7H,3-4,6H2,1-2H3. The lowest BCUT2D eigenvalue weighted by Crippen LogP contribution is -2.28. The topological polar surface area (TPSA) is 64.4 Å². The van der Waals surface area contributed by atoms with Crippen LogP contribution in [-0.4, -0.2) is 41.2 Å². The van der Waals surface area contributed by atoms with Crippen LogP contribution in [-0.2, 0) is 16.6 Å². The molecule has 0 saturated carbocycles. The molecule has 2 rings (SSSR count). The van der Waals surface area contributed by atoms with Crippen LogP contribution in [0.2, 0.25) is 0 Å². The van der Waals surface area contributed by atoms with Gasteiger partial charge in [0.15, 0.2) is 0 Å². The molecular weight excluding hydrogens is 258 g/mol. The number of aryl methyl sites for hydroxylation is 1. The molecule has 0 bridgehead atoms. The number of carbonyl (C=O) groups is 2. The molecule has 0 N–H and O–H groups in total. The molecule has 0 aromatic carbocycles. The Bertz CT molecular complexity index is 486. The molecule has 18 heavy (non-hydrogen) atoms. The predicted octanol–water partition coefficient (Wildman–Crippen LogP) is 0.798. The Morgan fingerprint density at radius 3 is 2.94 bits per heavy atom. The third kappa shape index (κ3) is 2.08. The van der Waals surface area contributed by atoms with Crippen molar-refractivity contribution in [2.24, 2.45) is 13.0 Å². The SMILES string of the molecule is COC(=O)c1cnn(C)c1N1CC(CCl)CC1=O. The number of amides is 1. The van der Waals surface area contributed by atoms with Gasteiger partial charge in [0.25, 0.3) is 0 Å². The van der Waals surface area contributed by atoms with Crippen LogP contribution in [0.5, 0.6) is 0 Å². The van der Waals surface area contributed by atoms with Crippen LogP contribution < -0.4 is 4.90 Å². The second kappa shape index (κ2) is 4.97. The van der Waals surface area contributed by atoms with E-state index in [9.17, 15) is 9.59 Å². The molecule has 1 atom stereocenters. The highest BCUT2D eigenvalue weighted by atomic mass is 35.5. The number of alkyl halides is 1. The van der Waals surface area contributed by atoms with Gasteiger partial charge in [0, 0.05) is 25.9 Å². The number of esters is 1. The summed E-state index contributed by atoms with van der Waals surface area (Å²) in [4.78, 5) is 25.1. The van der Waals surface area contributed by atoms with E-state index in [0.717, 1.165) is 0 Å². The minimum atomic E-state index is -0.500. The monoisotopic (exact) mass is 271 g/mol. The van der Waals surface area contributed by atoms with Crippen LogP contribution in [0.4, 0.5) is 5.82 Å². The molecule has 1 aromatic rings. The molecule has 1 aliphatic heterocycles. The number of hydrogen-bond donors (Lipinski definition) is 0. The number of rotatable bonds is 3. The zero-order chi connectivity index (χ0) is 13.3. The van der Waals surface area contributed by atoms with Gasteiger partial charge in [-0.2, -0.15) is 5.10 Å². The molecule has 0 aliphatic carbocycles. The maximum absolute atomic E-state index is 11.9. The van der Waals surface area contributed by atoms with Gasteiger partial charge in [-0.1, -0.05) is 0 Å². The first-order chi connectivity index (χ1) is 8.58. The highest BCUT2D eigenvalue weighted by molar-refractivity contribution is 6.18. The van der Waals surface area contributed by atoms with Gasteiger partial charge in [0.2, 0.25) is 5.91 Å². The lowest BCUT2D eigenvalue weighted by molar-refractivity contribution is -0.117. The molecule has 0 spiro atoms. The fourth-order valence-corrected chi connectivity index (χ4v) is 2.30. The predicted molar refractivity (Wildman–Crippen MR) is 65.7 cm³/mol. The van der Waals surface area contributed by atoms with E-state index in [1.807, 2.05) is 0 Å². The number of methoxy groups -OCH3 is 1. The van der Waals surface area contributed by atoms with Crippen molar-refractivity contribution in [3.05, 3.63) is 11.8 Å². The average Bonchev–Trinajstić information content (AvgIpc) is 2.91. The van der Waals surface area contributed by atoms with Gasteiger partial charge in [-0.15, -0.1) is 11.6 Å². The zero-order valence-electron chi connectivity index (χ0n) is 10.2. The largest absolute Gasteiger partial charge is 0.465 e. The second-order valence-corrected chi connectivity index (χ2v) is 4.53. The van der Waals surface area contributed by atoms with E-state index < -0.39 is 5.97 Å². The Kier molecular flexibility index (Phi) is 3.56. The van der Waals surface area contributed by atoms with E-state index in [0.29, 0.717) is 30.2 Å². The first-order valence-corrected chi connectivity index (χ1v) is 6.08. The van der Waals surface area contributed by atoms with E-state index in [1.165, 1.54) is 18.0 Å². The molecule has 0 radical (unpaired) electrons. The number of ether oxygens (including phenoxy) is 1. The lowest BCUT2D eigenvalue weighted by atomic mass is 10.1. The van der Waals surface area contributed by atoms with Gasteiger partial charge >= 0.3 is 5.97 Å². The molecule has 1 aromatic heterocycles. The summed E-state index contributed by atoms with van der Waals surface area (Å²) in [7, 11) is 2.98. The third-order valence-electron chi connectivity index (χ3n) is 2.99. The maximum atomic E-state index is 11.9. The molecule has 1 unspecified atom stereocenters. The summed E-state index contributed by atoms with van der Waals surface area (Å²) in [6, 6.07) is 0. The normalized spacial score (nSPS) is 19.4. The first kappa shape index (κ1) is 12.9. The number of hydrogen-bond acceptors (Lipinski definition) is 4. The van der Waals surface area contributed by atoms with E-state index in [-0.39, 0.29) is 11.8 Å². The van der Waals surface area contributed by atoms with Crippen LogP contribution in [0.25, 0.3) is 0 Å². The summed E-state index contributed by atoms with van der Waals surface area (Å²) in [6.45, 7) is 0.506. The molecular formula is C11H14ClN3O3. The van der Waals surface area contributed by atoms with Gasteiger partial charge < -0.3 is 4.74 Å². The Labute approximate surface area is 109 Å². The second-order valence-electron chi connectivity index (χ2n) is 4.23. The van der Waals surface area contributed by atoms with Crippen LogP contribution in [0.1, 0.15) is 16.8 Å². The molecule has 6 nitrogen and oxygen atoms in total. The highest BCUT2D eigenvalue weighted by Gasteiger charge is 2.34. The zero-order valence-corrected chi connectivity index (χ0v) is 11.0. The van der Waals surface area contributed by atoms with Crippen LogP contribution in [0, 0.1) is 5.92 Å². The molecule has 1 saturated heterocycles. The first-order valence-electron chi connectivity index (χ1n) is 5.55. The molecule has 2 heterocycles. The molecule has 98 valence electrons. The molecule has 1 amide bonds. The number of aromatic nitrogens is 2. The highest BCUT2D eigenvalue weighted by Crippen LogP contribution is 2.28. The smallest absolute Gasteiger partial charge is 0.343 e. The lowest BCUT2D eigenvalue weighted by Gasteiger charge is -2.17. The Hall–Kier alpha value is -1.56. The van der Waals surface area contributed by atoms with Gasteiger partial charge in [-0.05, 0) is 5.92 Å². The quantitative estimate of drug-likeness (QED) is 0.602. The van der Waals surface area contributed by atoms with Gasteiger partial charge in [-0.3, -0.25) is 14.4 Å². The van der Waals surface area contributed by atoms with Crippen molar-refractivity contribution >= 4 is 29.3 Å². The van der Waals surface area contributed by atoms with Gasteiger partial charge in [0.1, 0.15) is 11.4 Å². The maximum Gasteiger partial charge on any atom is 0.343 e. The summed E-state index contributed by atoms with van der Waals surface area (Å²) < 4.78 is 6.18. The number of nitrogens with zero attached hydrogens (tertiary/aromatic N) is 3. The van der Waals surface area contributed by atoms with Crippen molar-refractivity contribution < 1.29 is 14.3 Å². The Balaban J connectivity index is 2.36. The molecule has 1 fully saturated rings. The fraction of sp³-hybridized carbons (Fsp3) is 0.545. The number of carbonyl (C=O) groups excluding carboxylic acids is 2. The summed E-state index contributed by atoms with van der Waals surface area (Å²) in [5.74, 6) is 0.460. The van der Waals surface area contributed by atoms with Gasteiger partial charge in [-0.25, -0.2) is 4.79 Å². The fourth-order valence-electron chi connectivity index (χ4n) is 2.09. The summed E-state index contributed by atoms with van der Waals surface area (Å²) in [5.41, 5.74) is 0.295. The van der Waals surface area contributed by atoms with E-state index >= 15 is 0 Å². The van der Waals surface area contributed by atoms with Crippen molar-refractivity contribution in [2.75, 3.05) is 24.4 Å². The van der Waals surface area contributed by atoms with E-state index in [2.05, 4.69) is 9.84 Å². The van der Waals surface area contributed by atoms with Crippen molar-refractivity contribution in [2.45, 2.75) is 6.42 Å². The van der Waals surface area contributed by atoms with Crippen molar-refractivity contribution in [1.29, 1.82) is 0 Å². The van der Waals surface area contributed by atoms with Crippen molar-refractivity contribution in [1.82, 2.24) is 9.78 Å². The van der Waals surface area contributed by atoms with Crippen LogP contribution in [0.15, 0.2) is 6.20 Å². The molecule has 7 heteroatoms. The van der Waals surface area contributed by atoms with E-state index in [1.54, 1.807) is 11.9 Å². The number of halogens is 1. The summed E-state index contributed by atoms with van der Waals surface area (Å²) >= 11 is 5.78.